The lowest BCUT2D eigenvalue weighted by atomic mass is 10.0. The second-order valence-corrected chi connectivity index (χ2v) is 7.20. The molecular weight excluding hydrogens is 409 g/mol. The number of carbonyl (C=O) groups is 1. The molecule has 0 aromatic heterocycles. The quantitative estimate of drug-likeness (QED) is 0.693. The van der Waals surface area contributed by atoms with Crippen molar-refractivity contribution in [3.63, 3.8) is 0 Å². The first-order valence-electron chi connectivity index (χ1n) is 9.86. The van der Waals surface area contributed by atoms with Crippen molar-refractivity contribution < 1.29 is 9.53 Å². The Bertz CT molecular complexity index is 781. The van der Waals surface area contributed by atoms with E-state index in [0.717, 1.165) is 62.6 Å². The van der Waals surface area contributed by atoms with Crippen LogP contribution in [0.3, 0.4) is 0 Å². The van der Waals surface area contributed by atoms with E-state index in [2.05, 4.69) is 45.4 Å². The fourth-order valence-electron chi connectivity index (χ4n) is 3.87. The number of piperazine rings is 1. The van der Waals surface area contributed by atoms with Crippen LogP contribution < -0.4 is 15.0 Å². The smallest absolute Gasteiger partial charge is 0.224 e. The highest BCUT2D eigenvalue weighted by molar-refractivity contribution is 5.94. The first-order valence-corrected chi connectivity index (χ1v) is 9.86. The molecule has 7 heteroatoms. The van der Waals surface area contributed by atoms with Gasteiger partial charge in [0.1, 0.15) is 5.75 Å². The summed E-state index contributed by atoms with van der Waals surface area (Å²) in [6, 6.07) is 16.6. The molecule has 1 N–H and O–H groups in total. The van der Waals surface area contributed by atoms with E-state index in [0.29, 0.717) is 13.0 Å². The van der Waals surface area contributed by atoms with Gasteiger partial charge in [-0.3, -0.25) is 9.69 Å². The summed E-state index contributed by atoms with van der Waals surface area (Å²) >= 11 is 0. The van der Waals surface area contributed by atoms with E-state index in [1.165, 1.54) is 5.69 Å². The van der Waals surface area contributed by atoms with Crippen LogP contribution in [-0.2, 0) is 11.2 Å². The van der Waals surface area contributed by atoms with Gasteiger partial charge in [-0.2, -0.15) is 0 Å². The van der Waals surface area contributed by atoms with Gasteiger partial charge in [-0.15, -0.1) is 24.8 Å². The molecule has 158 valence electrons. The maximum Gasteiger partial charge on any atom is 0.224 e. The lowest BCUT2D eigenvalue weighted by molar-refractivity contribution is -0.116. The minimum absolute atomic E-state index is 0. The molecule has 29 heavy (non-hydrogen) atoms. The van der Waals surface area contributed by atoms with Gasteiger partial charge in [-0.05, 0) is 37.1 Å². The Morgan fingerprint density at radius 1 is 0.897 bits per heavy atom. The van der Waals surface area contributed by atoms with Crippen LogP contribution in [0.4, 0.5) is 11.4 Å². The summed E-state index contributed by atoms with van der Waals surface area (Å²) in [5, 5.41) is 2.93. The number of nitrogens with zero attached hydrogens (tertiary/aromatic N) is 2. The molecule has 1 saturated heterocycles. The summed E-state index contributed by atoms with van der Waals surface area (Å²) < 4.78 is 6.03. The molecule has 0 bridgehead atoms. The second kappa shape index (κ2) is 11.3. The van der Waals surface area contributed by atoms with Crippen molar-refractivity contribution in [2.24, 2.45) is 0 Å². The molecule has 2 aliphatic heterocycles. The molecule has 0 unspecified atom stereocenters. The molecule has 2 heterocycles. The predicted molar refractivity (Wildman–Crippen MR) is 123 cm³/mol. The number of para-hydroxylation sites is 1. The van der Waals surface area contributed by atoms with Gasteiger partial charge in [-0.1, -0.05) is 24.3 Å². The molecule has 2 aromatic carbocycles. The van der Waals surface area contributed by atoms with Crippen LogP contribution in [0.25, 0.3) is 0 Å². The van der Waals surface area contributed by atoms with Crippen molar-refractivity contribution in [2.75, 3.05) is 49.5 Å². The van der Waals surface area contributed by atoms with Crippen molar-refractivity contribution in [3.8, 4) is 5.75 Å². The molecule has 1 fully saturated rings. The van der Waals surface area contributed by atoms with Crippen LogP contribution in [0, 0.1) is 0 Å². The topological polar surface area (TPSA) is 44.8 Å². The van der Waals surface area contributed by atoms with E-state index in [-0.39, 0.29) is 30.7 Å². The number of anilines is 2. The molecule has 2 aromatic rings. The Hall–Kier alpha value is -1.95. The van der Waals surface area contributed by atoms with Crippen molar-refractivity contribution >= 4 is 42.1 Å². The highest BCUT2D eigenvalue weighted by Crippen LogP contribution is 2.31. The van der Waals surface area contributed by atoms with Crippen molar-refractivity contribution in [3.05, 3.63) is 54.1 Å². The zero-order valence-corrected chi connectivity index (χ0v) is 18.1. The normalized spacial score (nSPS) is 16.1. The fourth-order valence-corrected chi connectivity index (χ4v) is 3.87. The number of fused-ring (bicyclic) bond motifs is 1. The van der Waals surface area contributed by atoms with Crippen LogP contribution >= 0.6 is 24.8 Å². The third kappa shape index (κ3) is 6.01. The average molecular weight is 438 g/mol. The van der Waals surface area contributed by atoms with Gasteiger partial charge in [0, 0.05) is 56.1 Å². The van der Waals surface area contributed by atoms with Crippen LogP contribution in [-0.4, -0.2) is 50.1 Å². The van der Waals surface area contributed by atoms with Gasteiger partial charge in [-0.25, -0.2) is 0 Å². The first-order chi connectivity index (χ1) is 13.3. The van der Waals surface area contributed by atoms with E-state index in [1.807, 2.05) is 18.2 Å². The van der Waals surface area contributed by atoms with Crippen LogP contribution in [0.15, 0.2) is 48.5 Å². The highest BCUT2D eigenvalue weighted by atomic mass is 35.5. The molecule has 5 nitrogen and oxygen atoms in total. The number of hydrogen-bond donors (Lipinski definition) is 1. The van der Waals surface area contributed by atoms with E-state index >= 15 is 0 Å². The number of rotatable bonds is 6. The summed E-state index contributed by atoms with van der Waals surface area (Å²) in [5.74, 6) is 1.01. The zero-order valence-electron chi connectivity index (χ0n) is 16.5. The van der Waals surface area contributed by atoms with E-state index in [1.54, 1.807) is 0 Å². The number of ether oxygens (including phenoxy) is 1. The molecule has 0 atom stereocenters. The lowest BCUT2D eigenvalue weighted by Gasteiger charge is -2.36. The molecule has 0 radical (unpaired) electrons. The number of hydrogen-bond acceptors (Lipinski definition) is 4. The molecule has 1 amide bonds. The Balaban J connectivity index is 0.00000150. The van der Waals surface area contributed by atoms with E-state index < -0.39 is 0 Å². The first kappa shape index (κ1) is 23.3. The Morgan fingerprint density at radius 3 is 2.41 bits per heavy atom. The minimum atomic E-state index is 0. The molecule has 0 spiro atoms. The van der Waals surface area contributed by atoms with Crippen molar-refractivity contribution in [1.29, 1.82) is 0 Å². The van der Waals surface area contributed by atoms with Crippen molar-refractivity contribution in [2.45, 2.75) is 19.3 Å². The molecule has 2 aliphatic rings. The Labute approximate surface area is 185 Å². The van der Waals surface area contributed by atoms with Gasteiger partial charge in [0.05, 0.1) is 6.61 Å². The number of amides is 1. The summed E-state index contributed by atoms with van der Waals surface area (Å²) in [6.45, 7) is 6.13. The van der Waals surface area contributed by atoms with Gasteiger partial charge >= 0.3 is 0 Å². The third-order valence-electron chi connectivity index (χ3n) is 5.38. The van der Waals surface area contributed by atoms with Gasteiger partial charge < -0.3 is 15.0 Å². The largest absolute Gasteiger partial charge is 0.493 e. The van der Waals surface area contributed by atoms with Crippen LogP contribution in [0.2, 0.25) is 0 Å². The summed E-state index contributed by atoms with van der Waals surface area (Å²) in [5.41, 5.74) is 3.36. The number of carbonyl (C=O) groups excluding carboxylic acids is 1. The van der Waals surface area contributed by atoms with Crippen LogP contribution in [0.1, 0.15) is 18.4 Å². The standard InChI is InChI=1S/C22H27N3O2.2ClH/c26-22-11-10-19-20(23-22)8-4-9-21(19)27-17-5-12-24-13-15-25(16-14-24)18-6-2-1-3-7-18;;/h1-4,6-9H,5,10-17H2,(H,23,26);2*1H. The maximum atomic E-state index is 11.5. The van der Waals surface area contributed by atoms with Gasteiger partial charge in [0.25, 0.3) is 0 Å². The number of nitrogens with one attached hydrogen (secondary N) is 1. The summed E-state index contributed by atoms with van der Waals surface area (Å²) in [7, 11) is 0. The SMILES string of the molecule is Cl.Cl.O=C1CCc2c(cccc2OCCCN2CCN(c3ccccc3)CC2)N1. The second-order valence-electron chi connectivity index (χ2n) is 7.20. The summed E-state index contributed by atoms with van der Waals surface area (Å²) in [4.78, 5) is 16.5. The highest BCUT2D eigenvalue weighted by Gasteiger charge is 2.19. The van der Waals surface area contributed by atoms with Gasteiger partial charge in [0.15, 0.2) is 0 Å². The maximum absolute atomic E-state index is 11.5. The van der Waals surface area contributed by atoms with Gasteiger partial charge in [0.2, 0.25) is 5.91 Å². The number of benzene rings is 2. The minimum Gasteiger partial charge on any atom is -0.493 e. The van der Waals surface area contributed by atoms with Crippen LogP contribution in [0.5, 0.6) is 5.75 Å². The fraction of sp³-hybridized carbons (Fsp3) is 0.409. The van der Waals surface area contributed by atoms with Crippen molar-refractivity contribution in [1.82, 2.24) is 4.90 Å². The molecule has 0 aliphatic carbocycles. The summed E-state index contributed by atoms with van der Waals surface area (Å²) in [6.07, 6.45) is 2.32. The number of halogens is 2. The van der Waals surface area contributed by atoms with E-state index in [9.17, 15) is 4.79 Å². The lowest BCUT2D eigenvalue weighted by Crippen LogP contribution is -2.46. The van der Waals surface area contributed by atoms with E-state index in [4.69, 9.17) is 4.74 Å². The third-order valence-corrected chi connectivity index (χ3v) is 5.38. The molecule has 0 saturated carbocycles. The predicted octanol–water partition coefficient (Wildman–Crippen LogP) is 4.01. The Kier molecular flexibility index (Phi) is 9.08. The average Bonchev–Trinajstić information content (AvgIpc) is 2.72. The molecule has 4 rings (SSSR count). The monoisotopic (exact) mass is 437 g/mol. The Morgan fingerprint density at radius 2 is 1.66 bits per heavy atom. The molecular formula is C22H29Cl2N3O2. The zero-order chi connectivity index (χ0) is 18.5.